The van der Waals surface area contributed by atoms with E-state index in [2.05, 4.69) is 54.0 Å². The van der Waals surface area contributed by atoms with Crippen LogP contribution in [0.5, 0.6) is 0 Å². The number of aliphatic hydroxyl groups excluding tert-OH is 1. The fourth-order valence-electron chi connectivity index (χ4n) is 2.95. The van der Waals surface area contributed by atoms with E-state index in [4.69, 9.17) is 5.11 Å². The molecule has 19 heavy (non-hydrogen) atoms. The van der Waals surface area contributed by atoms with Gasteiger partial charge in [0.2, 0.25) is 0 Å². The second-order valence-electron chi connectivity index (χ2n) is 5.72. The van der Waals surface area contributed by atoms with Crippen LogP contribution < -0.4 is 0 Å². The van der Waals surface area contributed by atoms with Crippen LogP contribution in [0.15, 0.2) is 30.3 Å². The van der Waals surface area contributed by atoms with Crippen LogP contribution in [0.3, 0.4) is 0 Å². The molecule has 1 aromatic rings. The Hall–Kier alpha value is -0.900. The molecular formula is C16H26N2O. The van der Waals surface area contributed by atoms with E-state index >= 15 is 0 Å². The van der Waals surface area contributed by atoms with E-state index in [1.165, 1.54) is 12.0 Å². The molecule has 1 N–H and O–H groups in total. The molecule has 1 heterocycles. The normalized spacial score (nSPS) is 20.6. The van der Waals surface area contributed by atoms with Crippen molar-refractivity contribution in [3.05, 3.63) is 35.9 Å². The summed E-state index contributed by atoms with van der Waals surface area (Å²) in [5.74, 6) is 0. The predicted molar refractivity (Wildman–Crippen MR) is 79.1 cm³/mol. The van der Waals surface area contributed by atoms with E-state index in [9.17, 15) is 0 Å². The standard InChI is InChI=1S/C16H26N2O/c1-14(2)18(12-15-6-4-3-5-7-15)16-8-9-17(13-16)10-11-19/h3-7,14,16,19H,8-13H2,1-2H3/t16-/m0/s1. The first-order chi connectivity index (χ1) is 9.20. The van der Waals surface area contributed by atoms with Crippen LogP contribution in [0.25, 0.3) is 0 Å². The molecule has 0 bridgehead atoms. The topological polar surface area (TPSA) is 26.7 Å². The van der Waals surface area contributed by atoms with Gasteiger partial charge >= 0.3 is 0 Å². The zero-order chi connectivity index (χ0) is 13.7. The highest BCUT2D eigenvalue weighted by atomic mass is 16.3. The van der Waals surface area contributed by atoms with Crippen molar-refractivity contribution in [3.8, 4) is 0 Å². The highest BCUT2D eigenvalue weighted by Crippen LogP contribution is 2.20. The third kappa shape index (κ3) is 4.03. The molecule has 1 atom stereocenters. The smallest absolute Gasteiger partial charge is 0.0558 e. The van der Waals surface area contributed by atoms with Gasteiger partial charge in [-0.25, -0.2) is 0 Å². The van der Waals surface area contributed by atoms with Crippen molar-refractivity contribution in [2.24, 2.45) is 0 Å². The van der Waals surface area contributed by atoms with Crippen LogP contribution in [-0.4, -0.2) is 53.2 Å². The molecule has 0 amide bonds. The van der Waals surface area contributed by atoms with Gasteiger partial charge in [-0.15, -0.1) is 0 Å². The second-order valence-corrected chi connectivity index (χ2v) is 5.72. The summed E-state index contributed by atoms with van der Waals surface area (Å²) >= 11 is 0. The maximum atomic E-state index is 9.04. The summed E-state index contributed by atoms with van der Waals surface area (Å²) in [7, 11) is 0. The second kappa shape index (κ2) is 7.04. The van der Waals surface area contributed by atoms with Gasteiger partial charge in [-0.05, 0) is 32.4 Å². The summed E-state index contributed by atoms with van der Waals surface area (Å²) in [4.78, 5) is 4.96. The van der Waals surface area contributed by atoms with E-state index in [0.29, 0.717) is 12.1 Å². The molecule has 106 valence electrons. The van der Waals surface area contributed by atoms with Crippen molar-refractivity contribution < 1.29 is 5.11 Å². The van der Waals surface area contributed by atoms with Gasteiger partial charge < -0.3 is 5.11 Å². The van der Waals surface area contributed by atoms with Gasteiger partial charge in [-0.1, -0.05) is 30.3 Å². The highest BCUT2D eigenvalue weighted by Gasteiger charge is 2.28. The number of hydrogen-bond acceptors (Lipinski definition) is 3. The summed E-state index contributed by atoms with van der Waals surface area (Å²) in [6, 6.07) is 11.9. The van der Waals surface area contributed by atoms with Gasteiger partial charge in [0.1, 0.15) is 0 Å². The van der Waals surface area contributed by atoms with E-state index in [0.717, 1.165) is 26.2 Å². The molecule has 0 unspecified atom stereocenters. The average molecular weight is 262 g/mol. The van der Waals surface area contributed by atoms with Crippen molar-refractivity contribution in [1.29, 1.82) is 0 Å². The zero-order valence-electron chi connectivity index (χ0n) is 12.1. The quantitative estimate of drug-likeness (QED) is 0.849. The number of nitrogens with zero attached hydrogens (tertiary/aromatic N) is 2. The summed E-state index contributed by atoms with van der Waals surface area (Å²) in [5.41, 5.74) is 1.39. The Morgan fingerprint density at radius 3 is 2.68 bits per heavy atom. The third-order valence-corrected chi connectivity index (χ3v) is 4.00. The first kappa shape index (κ1) is 14.5. The SMILES string of the molecule is CC(C)N(Cc1ccccc1)[C@H]1CCN(CCO)C1. The Bertz CT molecular complexity index is 366. The molecule has 0 aliphatic carbocycles. The maximum Gasteiger partial charge on any atom is 0.0558 e. The number of aliphatic hydroxyl groups is 1. The summed E-state index contributed by atoms with van der Waals surface area (Å²) < 4.78 is 0. The molecule has 0 aromatic heterocycles. The minimum atomic E-state index is 0.271. The Morgan fingerprint density at radius 1 is 1.32 bits per heavy atom. The molecular weight excluding hydrogens is 236 g/mol. The molecule has 1 aliphatic rings. The van der Waals surface area contributed by atoms with E-state index in [1.54, 1.807) is 0 Å². The summed E-state index contributed by atoms with van der Waals surface area (Å²) in [5, 5.41) is 9.04. The van der Waals surface area contributed by atoms with Gasteiger partial charge in [-0.3, -0.25) is 9.80 Å². The summed E-state index contributed by atoms with van der Waals surface area (Å²) in [6.45, 7) is 8.86. The van der Waals surface area contributed by atoms with Gasteiger partial charge in [0.25, 0.3) is 0 Å². The van der Waals surface area contributed by atoms with Crippen LogP contribution in [0.4, 0.5) is 0 Å². The van der Waals surface area contributed by atoms with E-state index in [1.807, 2.05) is 0 Å². The lowest BCUT2D eigenvalue weighted by molar-refractivity contribution is 0.139. The Labute approximate surface area is 116 Å². The monoisotopic (exact) mass is 262 g/mol. The zero-order valence-corrected chi connectivity index (χ0v) is 12.1. The Morgan fingerprint density at radius 2 is 2.05 bits per heavy atom. The average Bonchev–Trinajstić information content (AvgIpc) is 2.85. The van der Waals surface area contributed by atoms with Gasteiger partial charge in [0.05, 0.1) is 6.61 Å². The van der Waals surface area contributed by atoms with E-state index < -0.39 is 0 Å². The molecule has 3 heteroatoms. The van der Waals surface area contributed by atoms with Crippen LogP contribution in [0.2, 0.25) is 0 Å². The van der Waals surface area contributed by atoms with Crippen LogP contribution in [-0.2, 0) is 6.54 Å². The van der Waals surface area contributed by atoms with Crippen LogP contribution >= 0.6 is 0 Å². The number of benzene rings is 1. The first-order valence-electron chi connectivity index (χ1n) is 7.33. The lowest BCUT2D eigenvalue weighted by Crippen LogP contribution is -2.41. The predicted octanol–water partition coefficient (Wildman–Crippen LogP) is 1.96. The maximum absolute atomic E-state index is 9.04. The van der Waals surface area contributed by atoms with Gasteiger partial charge in [0.15, 0.2) is 0 Å². The van der Waals surface area contributed by atoms with Gasteiger partial charge in [-0.2, -0.15) is 0 Å². The minimum Gasteiger partial charge on any atom is -0.395 e. The fraction of sp³-hybridized carbons (Fsp3) is 0.625. The number of rotatable bonds is 6. The fourth-order valence-corrected chi connectivity index (χ4v) is 2.95. The lowest BCUT2D eigenvalue weighted by Gasteiger charge is -2.32. The molecule has 1 fully saturated rings. The highest BCUT2D eigenvalue weighted by molar-refractivity contribution is 5.14. The molecule has 0 saturated carbocycles. The molecule has 2 rings (SSSR count). The minimum absolute atomic E-state index is 0.271. The van der Waals surface area contributed by atoms with Crippen molar-refractivity contribution >= 4 is 0 Å². The number of likely N-dealkylation sites (tertiary alicyclic amines) is 1. The summed E-state index contributed by atoms with van der Waals surface area (Å²) in [6.07, 6.45) is 1.21. The third-order valence-electron chi connectivity index (χ3n) is 4.00. The van der Waals surface area contributed by atoms with Gasteiger partial charge in [0, 0.05) is 31.7 Å². The van der Waals surface area contributed by atoms with Crippen molar-refractivity contribution in [1.82, 2.24) is 9.80 Å². The Kier molecular flexibility index (Phi) is 5.37. The van der Waals surface area contributed by atoms with Crippen LogP contribution in [0.1, 0.15) is 25.8 Å². The molecule has 1 aromatic carbocycles. The molecule has 0 spiro atoms. The first-order valence-corrected chi connectivity index (χ1v) is 7.33. The molecule has 1 saturated heterocycles. The molecule has 0 radical (unpaired) electrons. The van der Waals surface area contributed by atoms with Crippen LogP contribution in [0, 0.1) is 0 Å². The lowest BCUT2D eigenvalue weighted by atomic mass is 10.1. The largest absolute Gasteiger partial charge is 0.395 e. The van der Waals surface area contributed by atoms with Crippen molar-refractivity contribution in [3.63, 3.8) is 0 Å². The number of hydrogen-bond donors (Lipinski definition) is 1. The van der Waals surface area contributed by atoms with E-state index in [-0.39, 0.29) is 6.61 Å². The molecule has 3 nitrogen and oxygen atoms in total. The molecule has 1 aliphatic heterocycles. The van der Waals surface area contributed by atoms with Crippen molar-refractivity contribution in [2.75, 3.05) is 26.2 Å². The Balaban J connectivity index is 1.97. The number of β-amino-alcohol motifs (C(OH)–C–C–N with tert-alkyl or cyclic N) is 1. The van der Waals surface area contributed by atoms with Crippen molar-refractivity contribution in [2.45, 2.75) is 38.9 Å².